The highest BCUT2D eigenvalue weighted by Gasteiger charge is 2.44. The highest BCUT2D eigenvalue weighted by molar-refractivity contribution is 5.90. The number of aliphatic hydroxyl groups is 3. The summed E-state index contributed by atoms with van der Waals surface area (Å²) in [5.41, 5.74) is -0.719. The van der Waals surface area contributed by atoms with Crippen LogP contribution in [0.25, 0.3) is 0 Å². The first-order valence-electron chi connectivity index (χ1n) is 8.02. The van der Waals surface area contributed by atoms with E-state index in [9.17, 15) is 19.8 Å². The van der Waals surface area contributed by atoms with Crippen LogP contribution in [-0.4, -0.2) is 46.1 Å². The minimum atomic E-state index is -1.47. The second-order valence-corrected chi connectivity index (χ2v) is 5.77. The maximum Gasteiger partial charge on any atom is 0.378 e. The lowest BCUT2D eigenvalue weighted by Crippen LogP contribution is -2.37. The fraction of sp³-hybridized carbons (Fsp3) is 0.750. The maximum atomic E-state index is 12.6. The third-order valence-electron chi connectivity index (χ3n) is 4.45. The molecule has 0 spiro atoms. The summed E-state index contributed by atoms with van der Waals surface area (Å²) < 4.78 is 10.00. The van der Waals surface area contributed by atoms with Crippen molar-refractivity contribution in [2.45, 2.75) is 65.1 Å². The Morgan fingerprint density at radius 3 is 2.43 bits per heavy atom. The van der Waals surface area contributed by atoms with Gasteiger partial charge >= 0.3 is 11.9 Å². The Morgan fingerprint density at radius 2 is 1.96 bits per heavy atom. The van der Waals surface area contributed by atoms with Gasteiger partial charge < -0.3 is 24.8 Å². The maximum absolute atomic E-state index is 12.6. The van der Waals surface area contributed by atoms with Crippen LogP contribution in [0.4, 0.5) is 0 Å². The summed E-state index contributed by atoms with van der Waals surface area (Å²) in [6.07, 6.45) is 0.659. The lowest BCUT2D eigenvalue weighted by molar-refractivity contribution is -0.158. The molecule has 0 aromatic heterocycles. The molecule has 0 aromatic carbocycles. The summed E-state index contributed by atoms with van der Waals surface area (Å²) in [4.78, 5) is 24.1. The standard InChI is InChI=1S/C16H26O7/c1-4-7-8-16(5-2,6-3)15(21)23-13-11(19)14(20)22-12(13)10(18)9-17/h10,12,17-19H,4-9H2,1-3H3/t10-,12+/m0/s1. The third kappa shape index (κ3) is 4.03. The zero-order valence-electron chi connectivity index (χ0n) is 13.9. The number of aliphatic hydroxyl groups excluding tert-OH is 3. The van der Waals surface area contributed by atoms with E-state index in [1.807, 2.05) is 20.8 Å². The molecule has 132 valence electrons. The van der Waals surface area contributed by atoms with Gasteiger partial charge in [0.25, 0.3) is 0 Å². The second kappa shape index (κ2) is 8.31. The van der Waals surface area contributed by atoms with Gasteiger partial charge in [0.05, 0.1) is 12.0 Å². The zero-order valence-corrected chi connectivity index (χ0v) is 13.9. The summed E-state index contributed by atoms with van der Waals surface area (Å²) in [7, 11) is 0. The van der Waals surface area contributed by atoms with Gasteiger partial charge in [-0.2, -0.15) is 0 Å². The van der Waals surface area contributed by atoms with Crippen molar-refractivity contribution in [3.8, 4) is 0 Å². The SMILES string of the molecule is CCCCC(CC)(CC)C(=O)OC1=C(O)C(=O)O[C@@H]1[C@@H](O)CO. The van der Waals surface area contributed by atoms with Crippen LogP contribution in [0.2, 0.25) is 0 Å². The Labute approximate surface area is 135 Å². The molecule has 1 aliphatic heterocycles. The molecule has 0 radical (unpaired) electrons. The average molecular weight is 330 g/mol. The van der Waals surface area contributed by atoms with Gasteiger partial charge in [0.15, 0.2) is 6.10 Å². The molecule has 7 heteroatoms. The van der Waals surface area contributed by atoms with E-state index in [1.54, 1.807) is 0 Å². The van der Waals surface area contributed by atoms with E-state index in [1.165, 1.54) is 0 Å². The molecule has 3 N–H and O–H groups in total. The van der Waals surface area contributed by atoms with Crippen molar-refractivity contribution in [1.29, 1.82) is 0 Å². The van der Waals surface area contributed by atoms with Crippen molar-refractivity contribution in [2.75, 3.05) is 6.61 Å². The quantitative estimate of drug-likeness (QED) is 0.550. The highest BCUT2D eigenvalue weighted by atomic mass is 16.6. The van der Waals surface area contributed by atoms with Gasteiger partial charge in [-0.25, -0.2) is 4.79 Å². The van der Waals surface area contributed by atoms with Crippen molar-refractivity contribution in [3.05, 3.63) is 11.5 Å². The van der Waals surface area contributed by atoms with Crippen LogP contribution in [0, 0.1) is 5.41 Å². The predicted octanol–water partition coefficient (Wildman–Crippen LogP) is 1.57. The molecule has 0 amide bonds. The van der Waals surface area contributed by atoms with Gasteiger partial charge in [0.1, 0.15) is 6.10 Å². The number of carbonyl (C=O) groups excluding carboxylic acids is 2. The van der Waals surface area contributed by atoms with Crippen molar-refractivity contribution in [2.24, 2.45) is 5.41 Å². The van der Waals surface area contributed by atoms with Crippen LogP contribution >= 0.6 is 0 Å². The molecule has 1 rings (SSSR count). The molecule has 0 aliphatic carbocycles. The first-order valence-corrected chi connectivity index (χ1v) is 8.02. The first kappa shape index (κ1) is 19.4. The van der Waals surface area contributed by atoms with Gasteiger partial charge in [-0.05, 0) is 19.3 Å². The van der Waals surface area contributed by atoms with E-state index in [-0.39, 0.29) is 0 Å². The van der Waals surface area contributed by atoms with Gasteiger partial charge in [-0.1, -0.05) is 33.6 Å². The van der Waals surface area contributed by atoms with Gasteiger partial charge in [-0.15, -0.1) is 0 Å². The minimum Gasteiger partial charge on any atom is -0.499 e. The lowest BCUT2D eigenvalue weighted by Gasteiger charge is -2.30. The summed E-state index contributed by atoms with van der Waals surface area (Å²) in [6, 6.07) is 0. The molecule has 0 aromatic rings. The first-order chi connectivity index (χ1) is 10.9. The fourth-order valence-corrected chi connectivity index (χ4v) is 2.63. The monoisotopic (exact) mass is 330 g/mol. The average Bonchev–Trinajstić information content (AvgIpc) is 2.84. The fourth-order valence-electron chi connectivity index (χ4n) is 2.63. The molecule has 0 saturated carbocycles. The normalized spacial score (nSPS) is 19.7. The Kier molecular flexibility index (Phi) is 7.02. The van der Waals surface area contributed by atoms with E-state index in [2.05, 4.69) is 0 Å². The molecule has 7 nitrogen and oxygen atoms in total. The molecule has 1 aliphatic rings. The van der Waals surface area contributed by atoms with Crippen molar-refractivity contribution in [3.63, 3.8) is 0 Å². The Bertz CT molecular complexity index is 465. The largest absolute Gasteiger partial charge is 0.499 e. The van der Waals surface area contributed by atoms with E-state index in [0.717, 1.165) is 12.8 Å². The smallest absolute Gasteiger partial charge is 0.378 e. The van der Waals surface area contributed by atoms with Crippen LogP contribution in [0.5, 0.6) is 0 Å². The van der Waals surface area contributed by atoms with Crippen LogP contribution in [0.1, 0.15) is 52.9 Å². The lowest BCUT2D eigenvalue weighted by atomic mass is 9.78. The van der Waals surface area contributed by atoms with Crippen LogP contribution in [0.15, 0.2) is 11.5 Å². The number of carbonyl (C=O) groups is 2. The van der Waals surface area contributed by atoms with Crippen LogP contribution in [0.3, 0.4) is 0 Å². The summed E-state index contributed by atoms with van der Waals surface area (Å²) >= 11 is 0. The molecule has 1 heterocycles. The molecule has 23 heavy (non-hydrogen) atoms. The predicted molar refractivity (Wildman–Crippen MR) is 81.3 cm³/mol. The summed E-state index contributed by atoms with van der Waals surface area (Å²) in [6.45, 7) is 5.08. The van der Waals surface area contributed by atoms with Gasteiger partial charge in [0, 0.05) is 0 Å². The van der Waals surface area contributed by atoms with Gasteiger partial charge in [0.2, 0.25) is 11.5 Å². The van der Waals surface area contributed by atoms with E-state index in [0.29, 0.717) is 19.3 Å². The number of unbranched alkanes of at least 4 members (excludes halogenated alkanes) is 1. The van der Waals surface area contributed by atoms with Crippen LogP contribution < -0.4 is 0 Å². The number of esters is 2. The number of hydrogen-bond acceptors (Lipinski definition) is 7. The Morgan fingerprint density at radius 1 is 1.35 bits per heavy atom. The molecule has 2 atom stereocenters. The molecule has 0 fully saturated rings. The molecule has 0 bridgehead atoms. The second-order valence-electron chi connectivity index (χ2n) is 5.77. The minimum absolute atomic E-state index is 0.427. The van der Waals surface area contributed by atoms with Crippen LogP contribution in [-0.2, 0) is 19.1 Å². The summed E-state index contributed by atoms with van der Waals surface area (Å²) in [5.74, 6) is -2.92. The molecule has 0 unspecified atom stereocenters. The summed E-state index contributed by atoms with van der Waals surface area (Å²) in [5, 5.41) is 28.4. The third-order valence-corrected chi connectivity index (χ3v) is 4.45. The van der Waals surface area contributed by atoms with Crippen molar-refractivity contribution >= 4 is 11.9 Å². The Hall–Kier alpha value is -1.60. The molecular formula is C16H26O7. The van der Waals surface area contributed by atoms with Crippen molar-refractivity contribution in [1.82, 2.24) is 0 Å². The zero-order chi connectivity index (χ0) is 17.6. The highest BCUT2D eigenvalue weighted by Crippen LogP contribution is 2.36. The number of rotatable bonds is 9. The van der Waals surface area contributed by atoms with E-state index in [4.69, 9.17) is 14.6 Å². The van der Waals surface area contributed by atoms with Crippen molar-refractivity contribution < 1.29 is 34.4 Å². The molecule has 0 saturated heterocycles. The Balaban J connectivity index is 3.01. The van der Waals surface area contributed by atoms with Gasteiger partial charge in [-0.3, -0.25) is 4.79 Å². The number of hydrogen-bond donors (Lipinski definition) is 3. The number of cyclic esters (lactones) is 1. The van der Waals surface area contributed by atoms with E-state index < -0.39 is 47.7 Å². The topological polar surface area (TPSA) is 113 Å². The molecular weight excluding hydrogens is 304 g/mol. The number of ether oxygens (including phenoxy) is 2. The van der Waals surface area contributed by atoms with E-state index >= 15 is 0 Å².